The van der Waals surface area contributed by atoms with Crippen LogP contribution in [0.15, 0.2) is 24.3 Å². The summed E-state index contributed by atoms with van der Waals surface area (Å²) in [7, 11) is 0. The highest BCUT2D eigenvalue weighted by atomic mass is 32.1. The number of rotatable bonds is 9. The van der Waals surface area contributed by atoms with Gasteiger partial charge in [-0.05, 0) is 57.3 Å². The molecule has 1 aliphatic rings. The van der Waals surface area contributed by atoms with E-state index in [1.807, 2.05) is 20.8 Å². The van der Waals surface area contributed by atoms with Gasteiger partial charge in [-0.2, -0.15) is 0 Å². The topological polar surface area (TPSA) is 106 Å². The lowest BCUT2D eigenvalue weighted by Crippen LogP contribution is -2.60. The van der Waals surface area contributed by atoms with E-state index in [1.165, 1.54) is 4.90 Å². The van der Waals surface area contributed by atoms with Crippen LogP contribution < -0.4 is 15.4 Å². The maximum Gasteiger partial charge on any atom is 0.308 e. The molecule has 2 amide bonds. The average molecular weight is 452 g/mol. The Hall–Kier alpha value is -2.72. The number of nitrogens with zero attached hydrogens (tertiary/aromatic N) is 1. The van der Waals surface area contributed by atoms with Crippen LogP contribution in [0.4, 0.5) is 0 Å². The molecule has 0 saturated carbocycles. The molecule has 0 radical (unpaired) electrons. The summed E-state index contributed by atoms with van der Waals surface area (Å²) in [5, 5.41) is 5.42. The van der Waals surface area contributed by atoms with Gasteiger partial charge in [0.25, 0.3) is 5.91 Å². The van der Waals surface area contributed by atoms with E-state index in [-0.39, 0.29) is 36.8 Å². The van der Waals surface area contributed by atoms with Gasteiger partial charge in [-0.15, -0.1) is 0 Å². The van der Waals surface area contributed by atoms with Gasteiger partial charge in [-0.25, -0.2) is 0 Å². The molecule has 1 fully saturated rings. The zero-order chi connectivity index (χ0) is 22.8. The number of nitrogens with one attached hydrogen (secondary N) is 2. The van der Waals surface area contributed by atoms with Crippen LogP contribution in [0.5, 0.6) is 5.75 Å². The Labute approximate surface area is 187 Å². The Morgan fingerprint density at radius 3 is 2.61 bits per heavy atom. The highest BCUT2D eigenvalue weighted by molar-refractivity contribution is 7.80. The van der Waals surface area contributed by atoms with Crippen molar-refractivity contribution in [1.82, 2.24) is 15.5 Å². The molecule has 1 unspecified atom stereocenters. The Kier molecular flexibility index (Phi) is 9.67. The number of hydrogen-bond donors (Lipinski definition) is 2. The van der Waals surface area contributed by atoms with E-state index in [2.05, 4.69) is 10.6 Å². The SMILES string of the molecule is CCOCCOC(=O)CC1C(=O)NCCN1C(=S)NC(=O)c1ccc(OC(C)C)cc1. The molecular weight excluding hydrogens is 422 g/mol. The van der Waals surface area contributed by atoms with Crippen LogP contribution in [-0.4, -0.2) is 72.9 Å². The number of piperazine rings is 1. The van der Waals surface area contributed by atoms with E-state index in [9.17, 15) is 14.4 Å². The number of amides is 2. The highest BCUT2D eigenvalue weighted by Gasteiger charge is 2.34. The molecule has 1 heterocycles. The fourth-order valence-electron chi connectivity index (χ4n) is 2.93. The number of ether oxygens (including phenoxy) is 3. The molecule has 0 bridgehead atoms. The van der Waals surface area contributed by atoms with Crippen molar-refractivity contribution in [2.45, 2.75) is 39.3 Å². The third-order valence-electron chi connectivity index (χ3n) is 4.36. The molecule has 0 spiro atoms. The van der Waals surface area contributed by atoms with Crippen LogP contribution in [0.3, 0.4) is 0 Å². The maximum atomic E-state index is 12.6. The highest BCUT2D eigenvalue weighted by Crippen LogP contribution is 2.15. The predicted octanol–water partition coefficient (Wildman–Crippen LogP) is 1.26. The molecule has 1 atom stereocenters. The number of carbonyl (C=O) groups excluding carboxylic acids is 3. The predicted molar refractivity (Wildman–Crippen MR) is 118 cm³/mol. The molecule has 10 heteroatoms. The van der Waals surface area contributed by atoms with Gasteiger partial charge in [0, 0.05) is 25.3 Å². The van der Waals surface area contributed by atoms with Gasteiger partial charge in [0.1, 0.15) is 18.4 Å². The van der Waals surface area contributed by atoms with E-state index in [0.717, 1.165) is 0 Å². The maximum absolute atomic E-state index is 12.6. The summed E-state index contributed by atoms with van der Waals surface area (Å²) in [5.74, 6) is -0.642. The van der Waals surface area contributed by atoms with E-state index in [4.69, 9.17) is 26.4 Å². The second-order valence-electron chi connectivity index (χ2n) is 7.07. The zero-order valence-corrected chi connectivity index (χ0v) is 18.8. The first kappa shape index (κ1) is 24.5. The van der Waals surface area contributed by atoms with Crippen LogP contribution in [0.1, 0.15) is 37.6 Å². The minimum absolute atomic E-state index is 0.0281. The molecule has 2 rings (SSSR count). The molecule has 9 nitrogen and oxygen atoms in total. The molecule has 170 valence electrons. The van der Waals surface area contributed by atoms with Gasteiger partial charge < -0.3 is 24.4 Å². The largest absolute Gasteiger partial charge is 0.491 e. The number of benzene rings is 1. The van der Waals surface area contributed by atoms with Crippen LogP contribution in [0.2, 0.25) is 0 Å². The van der Waals surface area contributed by atoms with Gasteiger partial charge in [0.15, 0.2) is 5.11 Å². The summed E-state index contributed by atoms with van der Waals surface area (Å²) in [6.07, 6.45) is -0.157. The second kappa shape index (κ2) is 12.2. The van der Waals surface area contributed by atoms with Gasteiger partial charge >= 0.3 is 5.97 Å². The smallest absolute Gasteiger partial charge is 0.308 e. The lowest BCUT2D eigenvalue weighted by Gasteiger charge is -2.36. The van der Waals surface area contributed by atoms with Crippen molar-refractivity contribution < 1.29 is 28.6 Å². The fourth-order valence-corrected chi connectivity index (χ4v) is 3.25. The van der Waals surface area contributed by atoms with Gasteiger partial charge in [-0.1, -0.05) is 0 Å². The Bertz CT molecular complexity index is 784. The van der Waals surface area contributed by atoms with Crippen molar-refractivity contribution in [1.29, 1.82) is 0 Å². The van der Waals surface area contributed by atoms with Crippen molar-refractivity contribution in [3.63, 3.8) is 0 Å². The summed E-state index contributed by atoms with van der Waals surface area (Å²) in [6, 6.07) is 5.81. The first-order chi connectivity index (χ1) is 14.8. The van der Waals surface area contributed by atoms with E-state index < -0.39 is 17.9 Å². The minimum atomic E-state index is -0.858. The Morgan fingerprint density at radius 1 is 1.26 bits per heavy atom. The van der Waals surface area contributed by atoms with E-state index in [0.29, 0.717) is 31.0 Å². The van der Waals surface area contributed by atoms with Crippen molar-refractivity contribution in [3.05, 3.63) is 29.8 Å². The van der Waals surface area contributed by atoms with Crippen LogP contribution in [-0.2, 0) is 19.1 Å². The third kappa shape index (κ3) is 7.80. The summed E-state index contributed by atoms with van der Waals surface area (Å²) >= 11 is 5.36. The molecule has 1 aromatic carbocycles. The van der Waals surface area contributed by atoms with Gasteiger partial charge in [0.05, 0.1) is 19.1 Å². The summed E-state index contributed by atoms with van der Waals surface area (Å²) in [6.45, 7) is 7.32. The van der Waals surface area contributed by atoms with Crippen molar-refractivity contribution in [3.8, 4) is 5.75 Å². The van der Waals surface area contributed by atoms with Crippen molar-refractivity contribution in [2.75, 3.05) is 32.9 Å². The number of hydrogen-bond acceptors (Lipinski definition) is 7. The molecule has 1 aromatic rings. The molecular formula is C21H29N3O6S. The van der Waals surface area contributed by atoms with Crippen LogP contribution in [0, 0.1) is 0 Å². The standard InChI is InChI=1S/C21H29N3O6S/c1-4-28-11-12-29-18(25)13-17-20(27)22-9-10-24(17)21(31)23-19(26)15-5-7-16(8-6-15)30-14(2)3/h5-8,14,17H,4,9-13H2,1-3H3,(H,22,27)(H,23,26,31). The molecule has 31 heavy (non-hydrogen) atoms. The Balaban J connectivity index is 1.96. The summed E-state index contributed by atoms with van der Waals surface area (Å²) < 4.78 is 15.8. The second-order valence-corrected chi connectivity index (χ2v) is 7.46. The number of thiocarbonyl (C=S) groups is 1. The monoisotopic (exact) mass is 451 g/mol. The zero-order valence-electron chi connectivity index (χ0n) is 18.0. The lowest BCUT2D eigenvalue weighted by molar-refractivity contribution is -0.148. The van der Waals surface area contributed by atoms with Crippen LogP contribution >= 0.6 is 12.2 Å². The minimum Gasteiger partial charge on any atom is -0.491 e. The number of carbonyl (C=O) groups is 3. The van der Waals surface area contributed by atoms with E-state index >= 15 is 0 Å². The number of esters is 1. The molecule has 2 N–H and O–H groups in total. The molecule has 0 aliphatic carbocycles. The van der Waals surface area contributed by atoms with Crippen LogP contribution in [0.25, 0.3) is 0 Å². The van der Waals surface area contributed by atoms with Gasteiger partial charge in [-0.3, -0.25) is 19.7 Å². The quantitative estimate of drug-likeness (QED) is 0.328. The summed E-state index contributed by atoms with van der Waals surface area (Å²) in [5.41, 5.74) is 0.395. The lowest BCUT2D eigenvalue weighted by atomic mass is 10.1. The first-order valence-electron chi connectivity index (χ1n) is 10.2. The van der Waals surface area contributed by atoms with Crippen molar-refractivity contribution >= 4 is 35.1 Å². The molecule has 1 aliphatic heterocycles. The van der Waals surface area contributed by atoms with Gasteiger partial charge in [0.2, 0.25) is 5.91 Å². The first-order valence-corrected chi connectivity index (χ1v) is 10.6. The Morgan fingerprint density at radius 2 is 1.97 bits per heavy atom. The average Bonchev–Trinajstić information content (AvgIpc) is 2.72. The fraction of sp³-hybridized carbons (Fsp3) is 0.524. The van der Waals surface area contributed by atoms with E-state index in [1.54, 1.807) is 24.3 Å². The normalized spacial score (nSPS) is 15.9. The molecule has 1 saturated heterocycles. The molecule has 0 aromatic heterocycles. The third-order valence-corrected chi connectivity index (χ3v) is 4.69. The van der Waals surface area contributed by atoms with Crippen molar-refractivity contribution in [2.24, 2.45) is 0 Å². The summed E-state index contributed by atoms with van der Waals surface area (Å²) in [4.78, 5) is 38.6.